The first-order valence-corrected chi connectivity index (χ1v) is 10.4. The lowest BCUT2D eigenvalue weighted by molar-refractivity contribution is 0.117. The molecule has 0 fully saturated rings. The van der Waals surface area contributed by atoms with E-state index in [2.05, 4.69) is 19.9 Å². The lowest BCUT2D eigenvalue weighted by Gasteiger charge is -2.29. The van der Waals surface area contributed by atoms with Gasteiger partial charge in [0, 0.05) is 31.9 Å². The predicted molar refractivity (Wildman–Crippen MR) is 116 cm³/mol. The summed E-state index contributed by atoms with van der Waals surface area (Å²) in [5.74, 6) is 1.47. The van der Waals surface area contributed by atoms with Crippen molar-refractivity contribution in [3.8, 4) is 0 Å². The number of benzene rings is 1. The topological polar surface area (TPSA) is 130 Å². The Morgan fingerprint density at radius 1 is 1.22 bits per heavy atom. The van der Waals surface area contributed by atoms with Crippen LogP contribution in [0.3, 0.4) is 0 Å². The van der Waals surface area contributed by atoms with Gasteiger partial charge in [-0.15, -0.1) is 0 Å². The third-order valence-corrected chi connectivity index (χ3v) is 6.11. The van der Waals surface area contributed by atoms with Crippen molar-refractivity contribution in [3.05, 3.63) is 103 Å². The minimum atomic E-state index is -1.89. The van der Waals surface area contributed by atoms with Gasteiger partial charge < -0.3 is 14.5 Å². The molecule has 164 valence electrons. The summed E-state index contributed by atoms with van der Waals surface area (Å²) in [5.41, 5.74) is -0.510. The van der Waals surface area contributed by atoms with Gasteiger partial charge in [0.2, 0.25) is 0 Å². The van der Waals surface area contributed by atoms with E-state index in [0.717, 1.165) is 11.1 Å². The molecule has 9 heteroatoms. The Morgan fingerprint density at radius 2 is 2.03 bits per heavy atom. The second kappa shape index (κ2) is 7.16. The molecule has 1 aromatic carbocycles. The summed E-state index contributed by atoms with van der Waals surface area (Å²) < 4.78 is 7.15. The van der Waals surface area contributed by atoms with E-state index in [0.29, 0.717) is 35.9 Å². The summed E-state index contributed by atoms with van der Waals surface area (Å²) in [7, 11) is 0. The fourth-order valence-corrected chi connectivity index (χ4v) is 4.48. The molecule has 0 saturated heterocycles. The maximum atomic E-state index is 13.1. The van der Waals surface area contributed by atoms with Crippen LogP contribution in [0.5, 0.6) is 0 Å². The first kappa shape index (κ1) is 20.2. The molecule has 0 aliphatic heterocycles. The van der Waals surface area contributed by atoms with Crippen LogP contribution in [0.1, 0.15) is 58.4 Å². The van der Waals surface area contributed by atoms with Crippen LogP contribution in [0, 0.1) is 13.8 Å². The molecule has 32 heavy (non-hydrogen) atoms. The van der Waals surface area contributed by atoms with Crippen molar-refractivity contribution >= 4 is 0 Å². The average molecular weight is 433 g/mol. The molecule has 0 saturated carbocycles. The van der Waals surface area contributed by atoms with Gasteiger partial charge in [0.05, 0.1) is 11.6 Å². The molecular formula is C23H23N5O4. The number of fused-ring (bicyclic) bond motifs is 2. The van der Waals surface area contributed by atoms with Crippen molar-refractivity contribution in [2.24, 2.45) is 0 Å². The molecule has 4 aromatic rings. The van der Waals surface area contributed by atoms with Crippen LogP contribution in [0.2, 0.25) is 0 Å². The Bertz CT molecular complexity index is 1430. The van der Waals surface area contributed by atoms with Crippen LogP contribution < -0.4 is 11.2 Å². The van der Waals surface area contributed by atoms with E-state index in [9.17, 15) is 14.7 Å². The zero-order valence-electron chi connectivity index (χ0n) is 18.0. The van der Waals surface area contributed by atoms with Crippen LogP contribution >= 0.6 is 0 Å². The standard InChI is InChI=1S/C23H23N5O4/c1-12-4-5-15-6-7-18-19(26-14(3)32-18)23(31,16(15)10-12)17-11-28(22(30)27-21(17)29)13(2)20-24-8-9-25-20/h4-5,8-11,13,31H,6-7H2,1-3H3,(H,24,25)(H,27,29,30). The molecular weight excluding hydrogens is 410 g/mol. The minimum Gasteiger partial charge on any atom is -0.446 e. The third kappa shape index (κ3) is 2.96. The number of aliphatic hydroxyl groups is 1. The summed E-state index contributed by atoms with van der Waals surface area (Å²) >= 11 is 0. The Hall–Kier alpha value is -3.72. The lowest BCUT2D eigenvalue weighted by Crippen LogP contribution is -2.42. The number of rotatable bonds is 3. The highest BCUT2D eigenvalue weighted by Crippen LogP contribution is 2.41. The van der Waals surface area contributed by atoms with E-state index in [4.69, 9.17) is 4.42 Å². The summed E-state index contributed by atoms with van der Waals surface area (Å²) in [4.78, 5) is 39.9. The van der Waals surface area contributed by atoms with Gasteiger partial charge in [-0.3, -0.25) is 14.3 Å². The van der Waals surface area contributed by atoms with Crippen LogP contribution in [-0.4, -0.2) is 29.6 Å². The zero-order valence-corrected chi connectivity index (χ0v) is 18.0. The normalized spacial score (nSPS) is 18.6. The molecule has 3 heterocycles. The van der Waals surface area contributed by atoms with Crippen molar-refractivity contribution in [1.82, 2.24) is 24.5 Å². The fourth-order valence-electron chi connectivity index (χ4n) is 4.48. The molecule has 0 amide bonds. The Kier molecular flexibility index (Phi) is 4.52. The number of hydrogen-bond donors (Lipinski definition) is 3. The molecule has 1 aliphatic rings. The highest BCUT2D eigenvalue weighted by molar-refractivity contribution is 5.51. The van der Waals surface area contributed by atoms with Crippen LogP contribution in [0.15, 0.2) is 50.8 Å². The van der Waals surface area contributed by atoms with Crippen LogP contribution in [0.4, 0.5) is 0 Å². The fraction of sp³-hybridized carbons (Fsp3) is 0.304. The quantitative estimate of drug-likeness (QED) is 0.452. The van der Waals surface area contributed by atoms with Crippen LogP contribution in [0.25, 0.3) is 0 Å². The van der Waals surface area contributed by atoms with Gasteiger partial charge in [0.25, 0.3) is 5.56 Å². The van der Waals surface area contributed by atoms with Crippen molar-refractivity contribution in [3.63, 3.8) is 0 Å². The molecule has 0 spiro atoms. The monoisotopic (exact) mass is 433 g/mol. The number of aromatic amines is 2. The van der Waals surface area contributed by atoms with Gasteiger partial charge in [-0.2, -0.15) is 0 Å². The van der Waals surface area contributed by atoms with E-state index < -0.39 is 22.9 Å². The van der Waals surface area contributed by atoms with E-state index in [1.165, 1.54) is 10.8 Å². The summed E-state index contributed by atoms with van der Waals surface area (Å²) in [6.45, 7) is 5.41. The van der Waals surface area contributed by atoms with Gasteiger partial charge in [0.15, 0.2) is 11.5 Å². The first-order chi connectivity index (χ1) is 15.3. The van der Waals surface area contributed by atoms with Crippen molar-refractivity contribution in [1.29, 1.82) is 0 Å². The molecule has 3 aromatic heterocycles. The van der Waals surface area contributed by atoms with E-state index in [-0.39, 0.29) is 11.3 Å². The summed E-state index contributed by atoms with van der Waals surface area (Å²) in [5, 5.41) is 12.3. The smallest absolute Gasteiger partial charge is 0.329 e. The van der Waals surface area contributed by atoms with Gasteiger partial charge in [-0.1, -0.05) is 23.8 Å². The Morgan fingerprint density at radius 3 is 2.78 bits per heavy atom. The van der Waals surface area contributed by atoms with Gasteiger partial charge in [0.1, 0.15) is 17.3 Å². The van der Waals surface area contributed by atoms with Crippen molar-refractivity contribution in [2.45, 2.75) is 45.3 Å². The number of hydrogen-bond acceptors (Lipinski definition) is 6. The number of nitrogens with zero attached hydrogens (tertiary/aromatic N) is 3. The maximum Gasteiger partial charge on any atom is 0.329 e. The molecule has 1 aliphatic carbocycles. The predicted octanol–water partition coefficient (Wildman–Crippen LogP) is 1.86. The minimum absolute atomic E-state index is 0.00111. The number of aromatic nitrogens is 5. The molecule has 0 bridgehead atoms. The molecule has 5 rings (SSSR count). The molecule has 9 nitrogen and oxygen atoms in total. The summed E-state index contributed by atoms with van der Waals surface area (Å²) in [6, 6.07) is 5.27. The first-order valence-electron chi connectivity index (χ1n) is 10.4. The SMILES string of the molecule is Cc1ccc2c(c1)C(O)(c1cn(C(C)c3ncc[nH]3)c(=O)[nH]c1=O)c1nc(C)oc1CC2. The number of imidazole rings is 1. The second-order valence-electron chi connectivity index (χ2n) is 8.24. The largest absolute Gasteiger partial charge is 0.446 e. The molecule has 2 atom stereocenters. The molecule has 0 radical (unpaired) electrons. The van der Waals surface area contributed by atoms with Gasteiger partial charge in [-0.05, 0) is 31.4 Å². The lowest BCUT2D eigenvalue weighted by atomic mass is 9.82. The number of oxazole rings is 1. The maximum absolute atomic E-state index is 13.1. The second-order valence-corrected chi connectivity index (χ2v) is 8.24. The van der Waals surface area contributed by atoms with Gasteiger partial charge in [-0.25, -0.2) is 14.8 Å². The Balaban J connectivity index is 1.83. The van der Waals surface area contributed by atoms with E-state index >= 15 is 0 Å². The molecule has 3 N–H and O–H groups in total. The van der Waals surface area contributed by atoms with Crippen molar-refractivity contribution < 1.29 is 9.52 Å². The molecule has 2 unspecified atom stereocenters. The highest BCUT2D eigenvalue weighted by atomic mass is 16.4. The summed E-state index contributed by atoms with van der Waals surface area (Å²) in [6.07, 6.45) is 5.81. The Labute approximate surface area is 182 Å². The van der Waals surface area contributed by atoms with E-state index in [1.807, 2.05) is 25.1 Å². The number of nitrogens with one attached hydrogen (secondary N) is 2. The van der Waals surface area contributed by atoms with E-state index in [1.54, 1.807) is 26.2 Å². The zero-order chi connectivity index (χ0) is 22.6. The van der Waals surface area contributed by atoms with Crippen LogP contribution in [-0.2, 0) is 18.4 Å². The number of H-pyrrole nitrogens is 2. The third-order valence-electron chi connectivity index (χ3n) is 6.11. The van der Waals surface area contributed by atoms with Crippen molar-refractivity contribution in [2.75, 3.05) is 0 Å². The number of aryl methyl sites for hydroxylation is 4. The average Bonchev–Trinajstić information content (AvgIpc) is 3.40. The van der Waals surface area contributed by atoms with Gasteiger partial charge >= 0.3 is 5.69 Å². The highest BCUT2D eigenvalue weighted by Gasteiger charge is 2.45.